The van der Waals surface area contributed by atoms with Crippen molar-refractivity contribution in [2.24, 2.45) is 5.92 Å². The zero-order chi connectivity index (χ0) is 13.3. The van der Waals surface area contributed by atoms with Crippen molar-refractivity contribution in [3.8, 4) is 5.75 Å². The van der Waals surface area contributed by atoms with Gasteiger partial charge >= 0.3 is 0 Å². The van der Waals surface area contributed by atoms with Crippen LogP contribution < -0.4 is 10.1 Å². The van der Waals surface area contributed by atoms with Crippen molar-refractivity contribution in [2.45, 2.75) is 46.1 Å². The number of methoxy groups -OCH3 is 1. The van der Waals surface area contributed by atoms with Gasteiger partial charge in [0.15, 0.2) is 0 Å². The Labute approximate surface area is 111 Å². The maximum atomic E-state index is 5.56. The van der Waals surface area contributed by atoms with Gasteiger partial charge in [-0.05, 0) is 48.9 Å². The van der Waals surface area contributed by atoms with Crippen LogP contribution in [-0.2, 0) is 0 Å². The molecule has 1 aromatic rings. The minimum Gasteiger partial charge on any atom is -0.496 e. The zero-order valence-corrected chi connectivity index (χ0v) is 12.2. The lowest BCUT2D eigenvalue weighted by atomic mass is 9.94. The number of nitrogens with one attached hydrogen (secondary N) is 1. The number of rotatable bonds is 4. The molecule has 0 bridgehead atoms. The Bertz CT molecular complexity index is 427. The fraction of sp³-hybridized carbons (Fsp3) is 0.625. The number of ether oxygens (including phenoxy) is 1. The van der Waals surface area contributed by atoms with Crippen LogP contribution in [0, 0.1) is 12.8 Å². The van der Waals surface area contributed by atoms with E-state index in [2.05, 4.69) is 45.1 Å². The van der Waals surface area contributed by atoms with Crippen molar-refractivity contribution in [1.82, 2.24) is 5.32 Å². The predicted molar refractivity (Wildman–Crippen MR) is 76.3 cm³/mol. The first-order valence-corrected chi connectivity index (χ1v) is 7.02. The summed E-state index contributed by atoms with van der Waals surface area (Å²) in [5.41, 5.74) is 4.28. The summed E-state index contributed by atoms with van der Waals surface area (Å²) in [7, 11) is 1.77. The van der Waals surface area contributed by atoms with Crippen LogP contribution >= 0.6 is 0 Å². The first-order chi connectivity index (χ1) is 8.61. The number of hydrogen-bond donors (Lipinski definition) is 1. The number of aryl methyl sites for hydroxylation is 1. The van der Waals surface area contributed by atoms with Crippen molar-refractivity contribution in [2.75, 3.05) is 13.7 Å². The first-order valence-electron chi connectivity index (χ1n) is 7.02. The molecule has 1 N–H and O–H groups in total. The molecule has 2 nitrogen and oxygen atoms in total. The number of benzene rings is 1. The summed E-state index contributed by atoms with van der Waals surface area (Å²) in [6.07, 6.45) is 1.18. The minimum atomic E-state index is 0.477. The van der Waals surface area contributed by atoms with Crippen LogP contribution in [0.2, 0.25) is 0 Å². The molecule has 0 saturated carbocycles. The third-order valence-electron chi connectivity index (χ3n) is 4.38. The quantitative estimate of drug-likeness (QED) is 0.874. The molecule has 0 heterocycles. The lowest BCUT2D eigenvalue weighted by Gasteiger charge is -2.21. The molecule has 1 aromatic carbocycles. The highest BCUT2D eigenvalue weighted by Gasteiger charge is 2.38. The average molecular weight is 247 g/mol. The molecular formula is C16H25NO. The summed E-state index contributed by atoms with van der Waals surface area (Å²) in [5.74, 6) is 2.24. The Morgan fingerprint density at radius 3 is 2.56 bits per heavy atom. The van der Waals surface area contributed by atoms with Crippen LogP contribution in [-0.4, -0.2) is 13.7 Å². The van der Waals surface area contributed by atoms with Gasteiger partial charge < -0.3 is 10.1 Å². The van der Waals surface area contributed by atoms with Crippen LogP contribution in [0.1, 0.15) is 55.8 Å². The molecule has 0 spiro atoms. The number of hydrogen-bond acceptors (Lipinski definition) is 2. The summed E-state index contributed by atoms with van der Waals surface area (Å²) in [6.45, 7) is 10.2. The summed E-state index contributed by atoms with van der Waals surface area (Å²) >= 11 is 0. The molecular weight excluding hydrogens is 222 g/mol. The second kappa shape index (κ2) is 5.31. The standard InChI is InChI=1S/C16H25NO/c1-6-9-17-16-12(4)11(3)15-13(18-5)8-7-10(2)14(15)16/h7-8,11-12,16-17H,6,9H2,1-5H3. The minimum absolute atomic E-state index is 0.477. The van der Waals surface area contributed by atoms with Crippen LogP contribution in [0.25, 0.3) is 0 Å². The van der Waals surface area contributed by atoms with Gasteiger partial charge in [0.05, 0.1) is 7.11 Å². The lowest BCUT2D eigenvalue weighted by Crippen LogP contribution is -2.25. The van der Waals surface area contributed by atoms with E-state index in [0.717, 1.165) is 12.3 Å². The first kappa shape index (κ1) is 13.4. The maximum Gasteiger partial charge on any atom is 0.122 e. The van der Waals surface area contributed by atoms with Crippen molar-refractivity contribution < 1.29 is 4.74 Å². The van der Waals surface area contributed by atoms with Gasteiger partial charge in [-0.25, -0.2) is 0 Å². The normalized spacial score (nSPS) is 26.2. The van der Waals surface area contributed by atoms with Gasteiger partial charge in [-0.3, -0.25) is 0 Å². The third-order valence-corrected chi connectivity index (χ3v) is 4.38. The van der Waals surface area contributed by atoms with Gasteiger partial charge in [-0.2, -0.15) is 0 Å². The fourth-order valence-electron chi connectivity index (χ4n) is 3.19. The molecule has 3 unspecified atom stereocenters. The molecule has 0 saturated heterocycles. The van der Waals surface area contributed by atoms with E-state index in [4.69, 9.17) is 4.74 Å². The van der Waals surface area contributed by atoms with Crippen LogP contribution in [0.5, 0.6) is 5.75 Å². The van der Waals surface area contributed by atoms with Gasteiger partial charge in [0.1, 0.15) is 5.75 Å². The highest BCUT2D eigenvalue weighted by atomic mass is 16.5. The molecule has 0 amide bonds. The highest BCUT2D eigenvalue weighted by Crippen LogP contribution is 2.49. The van der Waals surface area contributed by atoms with E-state index in [1.54, 1.807) is 7.11 Å². The second-order valence-corrected chi connectivity index (χ2v) is 5.49. The Morgan fingerprint density at radius 1 is 1.22 bits per heavy atom. The Morgan fingerprint density at radius 2 is 1.94 bits per heavy atom. The molecule has 1 aliphatic rings. The monoisotopic (exact) mass is 247 g/mol. The molecule has 0 aliphatic heterocycles. The molecule has 2 rings (SSSR count). The third kappa shape index (κ3) is 2.03. The summed E-state index contributed by atoms with van der Waals surface area (Å²) in [5, 5.41) is 3.70. The fourth-order valence-corrected chi connectivity index (χ4v) is 3.19. The van der Waals surface area contributed by atoms with Gasteiger partial charge in [-0.15, -0.1) is 0 Å². The van der Waals surface area contributed by atoms with Gasteiger partial charge in [-0.1, -0.05) is 26.8 Å². The van der Waals surface area contributed by atoms with E-state index < -0.39 is 0 Å². The molecule has 0 radical (unpaired) electrons. The lowest BCUT2D eigenvalue weighted by molar-refractivity contribution is 0.373. The van der Waals surface area contributed by atoms with Gasteiger partial charge in [0.2, 0.25) is 0 Å². The van der Waals surface area contributed by atoms with E-state index >= 15 is 0 Å². The molecule has 0 aromatic heterocycles. The van der Waals surface area contributed by atoms with Crippen LogP contribution in [0.4, 0.5) is 0 Å². The van der Waals surface area contributed by atoms with Crippen molar-refractivity contribution in [3.05, 3.63) is 28.8 Å². The van der Waals surface area contributed by atoms with E-state index in [9.17, 15) is 0 Å². The Kier molecular flexibility index (Phi) is 3.96. The molecule has 18 heavy (non-hydrogen) atoms. The van der Waals surface area contributed by atoms with Crippen molar-refractivity contribution in [1.29, 1.82) is 0 Å². The largest absolute Gasteiger partial charge is 0.496 e. The summed E-state index contributed by atoms with van der Waals surface area (Å²) < 4.78 is 5.56. The highest BCUT2D eigenvalue weighted by molar-refractivity contribution is 5.52. The molecule has 3 atom stereocenters. The van der Waals surface area contributed by atoms with Crippen LogP contribution in [0.15, 0.2) is 12.1 Å². The Balaban J connectivity index is 2.46. The number of fused-ring (bicyclic) bond motifs is 1. The average Bonchev–Trinajstić information content (AvgIpc) is 2.62. The predicted octanol–water partition coefficient (Wildman–Crippen LogP) is 3.80. The van der Waals surface area contributed by atoms with Crippen LogP contribution in [0.3, 0.4) is 0 Å². The van der Waals surface area contributed by atoms with E-state index in [-0.39, 0.29) is 0 Å². The topological polar surface area (TPSA) is 21.3 Å². The zero-order valence-electron chi connectivity index (χ0n) is 12.2. The molecule has 1 aliphatic carbocycles. The molecule has 0 fully saturated rings. The maximum absolute atomic E-state index is 5.56. The van der Waals surface area contributed by atoms with Crippen molar-refractivity contribution in [3.63, 3.8) is 0 Å². The summed E-state index contributed by atoms with van der Waals surface area (Å²) in [4.78, 5) is 0. The second-order valence-electron chi connectivity index (χ2n) is 5.49. The van der Waals surface area contributed by atoms with Gasteiger partial charge in [0.25, 0.3) is 0 Å². The summed E-state index contributed by atoms with van der Waals surface area (Å²) in [6, 6.07) is 4.77. The van der Waals surface area contributed by atoms with E-state index in [0.29, 0.717) is 17.9 Å². The smallest absolute Gasteiger partial charge is 0.122 e. The molecule has 100 valence electrons. The Hall–Kier alpha value is -1.02. The van der Waals surface area contributed by atoms with E-state index in [1.165, 1.54) is 23.1 Å². The molecule has 2 heteroatoms. The van der Waals surface area contributed by atoms with Gasteiger partial charge in [0, 0.05) is 11.6 Å². The van der Waals surface area contributed by atoms with E-state index in [1.807, 2.05) is 0 Å². The SMILES string of the molecule is CCCNC1c2c(C)ccc(OC)c2C(C)C1C. The van der Waals surface area contributed by atoms with Crippen molar-refractivity contribution >= 4 is 0 Å².